The molecule has 21 heavy (non-hydrogen) atoms. The standard InChI is InChI=1S/C15H23NO3S2/c1-16-13(17)9-19-14(18)10-7-11-3-2-4-12(8-10)15(11)20-5-6-21-15/h10-12H,2-9H2,1H3,(H,16,17)/t10?,11-,12+. The number of ether oxygens (including phenoxy) is 1. The Kier molecular flexibility index (Phi) is 4.74. The van der Waals surface area contributed by atoms with Crippen molar-refractivity contribution in [2.75, 3.05) is 25.2 Å². The molecule has 1 spiro atoms. The number of carbonyl (C=O) groups is 2. The summed E-state index contributed by atoms with van der Waals surface area (Å²) in [6.45, 7) is -0.143. The minimum absolute atomic E-state index is 0.00242. The topological polar surface area (TPSA) is 55.4 Å². The number of hydrogen-bond donors (Lipinski definition) is 1. The zero-order valence-electron chi connectivity index (χ0n) is 12.4. The van der Waals surface area contributed by atoms with Crippen LogP contribution in [0.5, 0.6) is 0 Å². The van der Waals surface area contributed by atoms with Gasteiger partial charge in [-0.25, -0.2) is 0 Å². The monoisotopic (exact) mass is 329 g/mol. The number of nitrogens with one attached hydrogen (secondary N) is 1. The zero-order valence-corrected chi connectivity index (χ0v) is 14.1. The van der Waals surface area contributed by atoms with Gasteiger partial charge >= 0.3 is 5.97 Å². The quantitative estimate of drug-likeness (QED) is 0.805. The van der Waals surface area contributed by atoms with Crippen molar-refractivity contribution >= 4 is 35.4 Å². The van der Waals surface area contributed by atoms with Gasteiger partial charge in [0.25, 0.3) is 5.91 Å². The second-order valence-corrected chi connectivity index (χ2v) is 9.20. The molecule has 3 rings (SSSR count). The maximum absolute atomic E-state index is 12.2. The van der Waals surface area contributed by atoms with Crippen LogP contribution in [0.2, 0.25) is 0 Å². The average molecular weight is 329 g/mol. The number of esters is 1. The van der Waals surface area contributed by atoms with E-state index < -0.39 is 0 Å². The average Bonchev–Trinajstić information content (AvgIpc) is 2.93. The number of hydrogen-bond acceptors (Lipinski definition) is 5. The Hall–Kier alpha value is -0.360. The molecule has 1 N–H and O–H groups in total. The molecule has 1 heterocycles. The summed E-state index contributed by atoms with van der Waals surface area (Å²) in [6.07, 6.45) is 5.69. The molecule has 3 atom stereocenters. The molecule has 0 aromatic carbocycles. The van der Waals surface area contributed by atoms with Crippen LogP contribution < -0.4 is 5.32 Å². The first-order valence-corrected chi connectivity index (χ1v) is 9.78. The summed E-state index contributed by atoms with van der Waals surface area (Å²) >= 11 is 4.28. The predicted molar refractivity (Wildman–Crippen MR) is 86.2 cm³/mol. The zero-order chi connectivity index (χ0) is 14.9. The molecule has 3 fully saturated rings. The van der Waals surface area contributed by atoms with Crippen LogP contribution in [0, 0.1) is 17.8 Å². The van der Waals surface area contributed by atoms with Gasteiger partial charge in [0.1, 0.15) is 0 Å². The van der Waals surface area contributed by atoms with E-state index in [1.807, 2.05) is 0 Å². The molecule has 1 amide bonds. The third-order valence-corrected chi connectivity index (χ3v) is 9.10. The minimum atomic E-state index is -0.238. The number of likely N-dealkylation sites (N-methyl/N-ethyl adjacent to an activating group) is 1. The van der Waals surface area contributed by atoms with Crippen LogP contribution in [-0.2, 0) is 14.3 Å². The molecule has 0 aromatic rings. The molecule has 1 aliphatic heterocycles. The summed E-state index contributed by atoms with van der Waals surface area (Å²) in [4.78, 5) is 23.4. The van der Waals surface area contributed by atoms with Crippen molar-refractivity contribution < 1.29 is 14.3 Å². The molecule has 118 valence electrons. The van der Waals surface area contributed by atoms with Crippen molar-refractivity contribution in [1.82, 2.24) is 5.32 Å². The van der Waals surface area contributed by atoms with E-state index in [9.17, 15) is 9.59 Å². The fourth-order valence-corrected chi connectivity index (χ4v) is 8.07. The number of amides is 1. The lowest BCUT2D eigenvalue weighted by Gasteiger charge is -2.51. The fraction of sp³-hybridized carbons (Fsp3) is 0.867. The van der Waals surface area contributed by atoms with E-state index in [-0.39, 0.29) is 24.4 Å². The van der Waals surface area contributed by atoms with Crippen LogP contribution in [0.3, 0.4) is 0 Å². The number of rotatable bonds is 3. The predicted octanol–water partition coefficient (Wildman–Crippen LogP) is 2.28. The van der Waals surface area contributed by atoms with E-state index in [4.69, 9.17) is 4.74 Å². The van der Waals surface area contributed by atoms with Gasteiger partial charge in [-0.05, 0) is 37.5 Å². The summed E-state index contributed by atoms with van der Waals surface area (Å²) in [5.74, 6) is 3.38. The largest absolute Gasteiger partial charge is 0.455 e. The molecule has 2 aliphatic carbocycles. The van der Waals surface area contributed by atoms with Crippen molar-refractivity contribution in [1.29, 1.82) is 0 Å². The molecule has 3 aliphatic rings. The van der Waals surface area contributed by atoms with Gasteiger partial charge in [0.05, 0.1) is 10.00 Å². The van der Waals surface area contributed by atoms with Gasteiger partial charge in [0.15, 0.2) is 6.61 Å². The van der Waals surface area contributed by atoms with E-state index in [1.165, 1.54) is 30.8 Å². The van der Waals surface area contributed by atoms with Crippen LogP contribution in [0.25, 0.3) is 0 Å². The molecular weight excluding hydrogens is 306 g/mol. The van der Waals surface area contributed by atoms with Crippen LogP contribution in [0.4, 0.5) is 0 Å². The first kappa shape index (κ1) is 15.5. The van der Waals surface area contributed by atoms with Gasteiger partial charge < -0.3 is 10.1 Å². The molecule has 6 heteroatoms. The number of carbonyl (C=O) groups excluding carboxylic acids is 2. The van der Waals surface area contributed by atoms with Crippen molar-refractivity contribution in [2.24, 2.45) is 17.8 Å². The SMILES string of the molecule is CNC(=O)COC(=O)C1C[C@H]2CCC[C@@H](C1)C21SCCS1. The summed E-state index contributed by atoms with van der Waals surface area (Å²) < 4.78 is 5.57. The highest BCUT2D eigenvalue weighted by Crippen LogP contribution is 2.64. The Morgan fingerprint density at radius 3 is 2.38 bits per heavy atom. The summed E-state index contributed by atoms with van der Waals surface area (Å²) in [6, 6.07) is 0. The van der Waals surface area contributed by atoms with E-state index in [2.05, 4.69) is 28.8 Å². The van der Waals surface area contributed by atoms with Crippen LogP contribution in [-0.4, -0.2) is 41.1 Å². The number of thioether (sulfide) groups is 2. The summed E-state index contributed by atoms with van der Waals surface area (Å²) in [5, 5.41) is 2.48. The Balaban J connectivity index is 1.63. The lowest BCUT2D eigenvalue weighted by Crippen LogP contribution is -2.48. The second kappa shape index (κ2) is 6.41. The lowest BCUT2D eigenvalue weighted by atomic mass is 9.67. The van der Waals surface area contributed by atoms with Crippen molar-refractivity contribution in [2.45, 2.75) is 36.2 Å². The van der Waals surface area contributed by atoms with Gasteiger partial charge in [0.2, 0.25) is 0 Å². The highest BCUT2D eigenvalue weighted by atomic mass is 32.2. The summed E-state index contributed by atoms with van der Waals surface area (Å²) in [7, 11) is 1.56. The first-order chi connectivity index (χ1) is 10.2. The molecule has 1 unspecified atom stereocenters. The Bertz CT molecular complexity index is 407. The lowest BCUT2D eigenvalue weighted by molar-refractivity contribution is -0.155. The molecule has 2 bridgehead atoms. The highest BCUT2D eigenvalue weighted by Gasteiger charge is 2.55. The Morgan fingerprint density at radius 1 is 1.19 bits per heavy atom. The van der Waals surface area contributed by atoms with Crippen LogP contribution in [0.1, 0.15) is 32.1 Å². The molecule has 4 nitrogen and oxygen atoms in total. The van der Waals surface area contributed by atoms with Gasteiger partial charge in [-0.3, -0.25) is 9.59 Å². The van der Waals surface area contributed by atoms with Gasteiger partial charge in [0, 0.05) is 18.6 Å². The van der Waals surface area contributed by atoms with Crippen LogP contribution in [0.15, 0.2) is 0 Å². The third-order valence-electron chi connectivity index (χ3n) is 5.08. The maximum atomic E-state index is 12.2. The van der Waals surface area contributed by atoms with Gasteiger partial charge in [-0.15, -0.1) is 23.5 Å². The molecular formula is C15H23NO3S2. The first-order valence-electron chi connectivity index (χ1n) is 7.81. The van der Waals surface area contributed by atoms with E-state index >= 15 is 0 Å². The maximum Gasteiger partial charge on any atom is 0.309 e. The molecule has 0 radical (unpaired) electrons. The molecule has 0 aromatic heterocycles. The van der Waals surface area contributed by atoms with Crippen molar-refractivity contribution in [3.05, 3.63) is 0 Å². The van der Waals surface area contributed by atoms with Gasteiger partial charge in [-0.1, -0.05) is 6.42 Å². The van der Waals surface area contributed by atoms with E-state index in [1.54, 1.807) is 7.05 Å². The Morgan fingerprint density at radius 2 is 1.81 bits per heavy atom. The van der Waals surface area contributed by atoms with Crippen LogP contribution >= 0.6 is 23.5 Å². The van der Waals surface area contributed by atoms with Crippen molar-refractivity contribution in [3.8, 4) is 0 Å². The Labute approximate surface area is 134 Å². The van der Waals surface area contributed by atoms with Crippen molar-refractivity contribution in [3.63, 3.8) is 0 Å². The second-order valence-electron chi connectivity index (χ2n) is 6.19. The van der Waals surface area contributed by atoms with E-state index in [0.29, 0.717) is 15.9 Å². The molecule has 1 saturated heterocycles. The summed E-state index contributed by atoms with van der Waals surface area (Å²) in [5.41, 5.74) is 0. The minimum Gasteiger partial charge on any atom is -0.455 e. The smallest absolute Gasteiger partial charge is 0.309 e. The normalized spacial score (nSPS) is 33.7. The third kappa shape index (κ3) is 2.93. The van der Waals surface area contributed by atoms with Gasteiger partial charge in [-0.2, -0.15) is 0 Å². The van der Waals surface area contributed by atoms with E-state index in [0.717, 1.165) is 12.8 Å². The molecule has 2 saturated carbocycles. The fourth-order valence-electron chi connectivity index (χ4n) is 4.13. The highest BCUT2D eigenvalue weighted by molar-refractivity contribution is 8.21.